The third kappa shape index (κ3) is 4.14. The van der Waals surface area contributed by atoms with Crippen molar-refractivity contribution in [2.75, 3.05) is 26.0 Å². The lowest BCUT2D eigenvalue weighted by Gasteiger charge is -2.05. The molecule has 92 valence electrons. The highest BCUT2D eigenvalue weighted by Gasteiger charge is 2.05. The molecule has 0 aliphatic carbocycles. The van der Waals surface area contributed by atoms with E-state index in [1.165, 1.54) is 0 Å². The number of nitrogens with one attached hydrogen (secondary N) is 3. The Kier molecular flexibility index (Phi) is 5.00. The monoisotopic (exact) mass is 235 g/mol. The first kappa shape index (κ1) is 13.0. The Morgan fingerprint density at radius 2 is 1.76 bits per heavy atom. The molecule has 0 saturated carbocycles. The zero-order valence-electron chi connectivity index (χ0n) is 10.0. The molecule has 2 amide bonds. The van der Waals surface area contributed by atoms with Gasteiger partial charge in [-0.25, -0.2) is 0 Å². The highest BCUT2D eigenvalue weighted by atomic mass is 16.2. The van der Waals surface area contributed by atoms with Gasteiger partial charge in [-0.3, -0.25) is 9.59 Å². The molecule has 0 radical (unpaired) electrons. The maximum absolute atomic E-state index is 11.7. The van der Waals surface area contributed by atoms with Crippen LogP contribution in [0.4, 0.5) is 5.69 Å². The number of amides is 2. The number of hydrogen-bond acceptors (Lipinski definition) is 3. The minimum atomic E-state index is -0.170. The maximum atomic E-state index is 11.7. The Hall–Kier alpha value is -2.04. The van der Waals surface area contributed by atoms with Crippen LogP contribution in [-0.4, -0.2) is 32.5 Å². The van der Waals surface area contributed by atoms with Gasteiger partial charge in [0.25, 0.3) is 5.91 Å². The molecule has 0 spiro atoms. The molecule has 0 fully saturated rings. The summed E-state index contributed by atoms with van der Waals surface area (Å²) in [6.45, 7) is 0.340. The number of anilines is 1. The summed E-state index contributed by atoms with van der Waals surface area (Å²) in [5.41, 5.74) is 1.54. The first-order valence-corrected chi connectivity index (χ1v) is 5.44. The van der Waals surface area contributed by atoms with E-state index in [2.05, 4.69) is 16.0 Å². The van der Waals surface area contributed by atoms with Crippen LogP contribution in [0.25, 0.3) is 0 Å². The fraction of sp³-hybridized carbons (Fsp3) is 0.333. The molecule has 3 N–H and O–H groups in total. The fourth-order valence-corrected chi connectivity index (χ4v) is 1.30. The topological polar surface area (TPSA) is 70.2 Å². The van der Waals surface area contributed by atoms with Gasteiger partial charge in [-0.15, -0.1) is 0 Å². The van der Waals surface area contributed by atoms with E-state index in [1.807, 2.05) is 19.2 Å². The van der Waals surface area contributed by atoms with Crippen molar-refractivity contribution in [3.63, 3.8) is 0 Å². The molecular weight excluding hydrogens is 218 g/mol. The summed E-state index contributed by atoms with van der Waals surface area (Å²) in [6, 6.07) is 7.13. The van der Waals surface area contributed by atoms with Gasteiger partial charge in [0, 0.05) is 38.3 Å². The van der Waals surface area contributed by atoms with Crippen molar-refractivity contribution in [1.29, 1.82) is 0 Å². The van der Waals surface area contributed by atoms with E-state index in [4.69, 9.17) is 0 Å². The van der Waals surface area contributed by atoms with E-state index in [9.17, 15) is 9.59 Å². The van der Waals surface area contributed by atoms with Gasteiger partial charge in [-0.2, -0.15) is 0 Å². The van der Waals surface area contributed by atoms with Crippen LogP contribution in [-0.2, 0) is 4.79 Å². The number of carbonyl (C=O) groups excluding carboxylic acids is 2. The summed E-state index contributed by atoms with van der Waals surface area (Å²) >= 11 is 0. The summed E-state index contributed by atoms with van der Waals surface area (Å²) in [5.74, 6) is -0.257. The standard InChI is InChI=1S/C12H17N3O2/c1-13-10-5-3-9(4-6-10)12(17)15-8-7-11(16)14-2/h3-6,13H,7-8H2,1-2H3,(H,14,16)(H,15,17). The third-order valence-corrected chi connectivity index (χ3v) is 2.35. The largest absolute Gasteiger partial charge is 0.388 e. The quantitative estimate of drug-likeness (QED) is 0.699. The molecule has 17 heavy (non-hydrogen) atoms. The summed E-state index contributed by atoms with van der Waals surface area (Å²) in [6.07, 6.45) is 0.289. The summed E-state index contributed by atoms with van der Waals surface area (Å²) in [7, 11) is 3.39. The Bertz CT molecular complexity index is 387. The van der Waals surface area contributed by atoms with Crippen molar-refractivity contribution in [2.45, 2.75) is 6.42 Å². The molecule has 5 heteroatoms. The number of hydrogen-bond donors (Lipinski definition) is 3. The van der Waals surface area contributed by atoms with Crippen LogP contribution in [0, 0.1) is 0 Å². The molecule has 1 rings (SSSR count). The summed E-state index contributed by atoms with van der Waals surface area (Å²) in [4.78, 5) is 22.6. The molecule has 0 unspecified atom stereocenters. The van der Waals surface area contributed by atoms with Gasteiger partial charge in [0.1, 0.15) is 0 Å². The normalized spacial score (nSPS) is 9.53. The van der Waals surface area contributed by atoms with E-state index >= 15 is 0 Å². The summed E-state index contributed by atoms with van der Waals surface area (Å²) < 4.78 is 0. The average Bonchev–Trinajstić information content (AvgIpc) is 2.38. The van der Waals surface area contributed by atoms with Crippen molar-refractivity contribution in [3.8, 4) is 0 Å². The molecule has 0 aromatic heterocycles. The second-order valence-corrected chi connectivity index (χ2v) is 3.51. The Balaban J connectivity index is 2.44. The Morgan fingerprint density at radius 3 is 2.29 bits per heavy atom. The SMILES string of the molecule is CNC(=O)CCNC(=O)c1ccc(NC)cc1. The molecule has 0 atom stereocenters. The second-order valence-electron chi connectivity index (χ2n) is 3.51. The molecule has 0 aliphatic rings. The van der Waals surface area contributed by atoms with Crippen LogP contribution in [0.2, 0.25) is 0 Å². The third-order valence-electron chi connectivity index (χ3n) is 2.35. The zero-order chi connectivity index (χ0) is 12.7. The van der Waals surface area contributed by atoms with Crippen molar-refractivity contribution in [2.24, 2.45) is 0 Å². The number of benzene rings is 1. The lowest BCUT2D eigenvalue weighted by atomic mass is 10.2. The van der Waals surface area contributed by atoms with E-state index in [-0.39, 0.29) is 18.2 Å². The van der Waals surface area contributed by atoms with Gasteiger partial charge in [0.15, 0.2) is 0 Å². The first-order chi connectivity index (χ1) is 8.17. The number of carbonyl (C=O) groups is 2. The molecule has 1 aromatic carbocycles. The molecule has 1 aromatic rings. The van der Waals surface area contributed by atoms with Crippen LogP contribution in [0.5, 0.6) is 0 Å². The van der Waals surface area contributed by atoms with Gasteiger partial charge in [0.05, 0.1) is 0 Å². The minimum Gasteiger partial charge on any atom is -0.388 e. The fourth-order valence-electron chi connectivity index (χ4n) is 1.30. The number of rotatable bonds is 5. The molecule has 0 saturated heterocycles. The lowest BCUT2D eigenvalue weighted by molar-refractivity contribution is -0.120. The molecule has 0 aliphatic heterocycles. The van der Waals surface area contributed by atoms with Crippen molar-refractivity contribution >= 4 is 17.5 Å². The molecule has 0 bridgehead atoms. The van der Waals surface area contributed by atoms with Crippen LogP contribution < -0.4 is 16.0 Å². The van der Waals surface area contributed by atoms with Gasteiger partial charge in [-0.1, -0.05) is 0 Å². The highest BCUT2D eigenvalue weighted by molar-refractivity contribution is 5.94. The predicted octanol–water partition coefficient (Wildman–Crippen LogP) is 0.594. The van der Waals surface area contributed by atoms with Crippen LogP contribution in [0.3, 0.4) is 0 Å². The predicted molar refractivity (Wildman–Crippen MR) is 67.0 cm³/mol. The van der Waals surface area contributed by atoms with Gasteiger partial charge in [0.2, 0.25) is 5.91 Å². The highest BCUT2D eigenvalue weighted by Crippen LogP contribution is 2.08. The first-order valence-electron chi connectivity index (χ1n) is 5.44. The molecule has 5 nitrogen and oxygen atoms in total. The van der Waals surface area contributed by atoms with E-state index in [0.29, 0.717) is 12.1 Å². The molecule has 0 heterocycles. The Morgan fingerprint density at radius 1 is 1.12 bits per heavy atom. The average molecular weight is 235 g/mol. The van der Waals surface area contributed by atoms with Crippen molar-refractivity contribution in [1.82, 2.24) is 10.6 Å². The van der Waals surface area contributed by atoms with Gasteiger partial charge >= 0.3 is 0 Å². The maximum Gasteiger partial charge on any atom is 0.251 e. The summed E-state index contributed by atoms with van der Waals surface area (Å²) in [5, 5.41) is 8.15. The van der Waals surface area contributed by atoms with E-state index in [0.717, 1.165) is 5.69 Å². The lowest BCUT2D eigenvalue weighted by Crippen LogP contribution is -2.29. The van der Waals surface area contributed by atoms with Gasteiger partial charge < -0.3 is 16.0 Å². The van der Waals surface area contributed by atoms with Crippen LogP contribution in [0.15, 0.2) is 24.3 Å². The van der Waals surface area contributed by atoms with Crippen LogP contribution in [0.1, 0.15) is 16.8 Å². The van der Waals surface area contributed by atoms with Crippen molar-refractivity contribution in [3.05, 3.63) is 29.8 Å². The van der Waals surface area contributed by atoms with E-state index in [1.54, 1.807) is 19.2 Å². The zero-order valence-corrected chi connectivity index (χ0v) is 10.0. The van der Waals surface area contributed by atoms with Gasteiger partial charge in [-0.05, 0) is 24.3 Å². The smallest absolute Gasteiger partial charge is 0.251 e. The Labute approximate surface area is 101 Å². The van der Waals surface area contributed by atoms with Crippen molar-refractivity contribution < 1.29 is 9.59 Å². The second kappa shape index (κ2) is 6.52. The molecular formula is C12H17N3O2. The minimum absolute atomic E-state index is 0.0872. The van der Waals surface area contributed by atoms with E-state index < -0.39 is 0 Å². The van der Waals surface area contributed by atoms with Crippen LogP contribution >= 0.6 is 0 Å².